The Hall–Kier alpha value is -3.46. The van der Waals surface area contributed by atoms with Crippen LogP contribution in [0.25, 0.3) is 0 Å². The van der Waals surface area contributed by atoms with Crippen LogP contribution in [0.4, 0.5) is 10.5 Å². The largest absolute Gasteiger partial charge is 0.494 e. The van der Waals surface area contributed by atoms with Crippen LogP contribution >= 0.6 is 23.2 Å². The third kappa shape index (κ3) is 10.3. The van der Waals surface area contributed by atoms with Gasteiger partial charge in [0.25, 0.3) is 0 Å². The number of nitrogens with one attached hydrogen (secondary N) is 1. The van der Waals surface area contributed by atoms with Gasteiger partial charge in [0.1, 0.15) is 18.1 Å². The Bertz CT molecular complexity index is 1190. The van der Waals surface area contributed by atoms with Gasteiger partial charge in [0.05, 0.1) is 23.9 Å². The molecule has 0 radical (unpaired) electrons. The van der Waals surface area contributed by atoms with Gasteiger partial charge in [0.15, 0.2) is 6.10 Å². The van der Waals surface area contributed by atoms with Gasteiger partial charge >= 0.3 is 12.0 Å². The fourth-order valence-corrected chi connectivity index (χ4v) is 4.15. The van der Waals surface area contributed by atoms with E-state index in [1.54, 1.807) is 54.3 Å². The average molecular weight is 575 g/mol. The van der Waals surface area contributed by atoms with Gasteiger partial charge in [-0.15, -0.1) is 0 Å². The first kappa shape index (κ1) is 30.1. The van der Waals surface area contributed by atoms with Crippen molar-refractivity contribution < 1.29 is 28.9 Å². The Morgan fingerprint density at radius 1 is 0.923 bits per heavy atom. The summed E-state index contributed by atoms with van der Waals surface area (Å²) in [6.45, 7) is 3.52. The van der Waals surface area contributed by atoms with Crippen molar-refractivity contribution in [3.8, 4) is 11.5 Å². The van der Waals surface area contributed by atoms with Crippen LogP contribution in [0.2, 0.25) is 10.0 Å². The predicted molar refractivity (Wildman–Crippen MR) is 152 cm³/mol. The number of halogens is 2. The van der Waals surface area contributed by atoms with Gasteiger partial charge in [0.2, 0.25) is 0 Å². The highest BCUT2D eigenvalue weighted by Gasteiger charge is 2.18. The number of hydrogen-bond donors (Lipinski definition) is 2. The Kier molecular flexibility index (Phi) is 12.2. The van der Waals surface area contributed by atoms with Crippen LogP contribution in [0.1, 0.15) is 18.9 Å². The molecule has 2 N–H and O–H groups in total. The number of amides is 2. The number of para-hydroxylation sites is 1. The van der Waals surface area contributed by atoms with E-state index in [-0.39, 0.29) is 19.1 Å². The van der Waals surface area contributed by atoms with E-state index in [1.165, 1.54) is 0 Å². The zero-order valence-corrected chi connectivity index (χ0v) is 23.2. The molecular formula is C29H32Cl2N2O6. The topological polar surface area (TPSA) is 97.3 Å². The minimum Gasteiger partial charge on any atom is -0.494 e. The molecule has 1 atom stereocenters. The Morgan fingerprint density at radius 2 is 1.62 bits per heavy atom. The molecule has 3 aromatic carbocycles. The number of carbonyl (C=O) groups excluding carboxylic acids is 1. The first-order valence-electron chi connectivity index (χ1n) is 12.6. The molecule has 0 aliphatic carbocycles. The summed E-state index contributed by atoms with van der Waals surface area (Å²) in [6, 6.07) is 21.2. The van der Waals surface area contributed by atoms with E-state index in [4.69, 9.17) is 37.4 Å². The van der Waals surface area contributed by atoms with Crippen LogP contribution in [0.5, 0.6) is 11.5 Å². The van der Waals surface area contributed by atoms with Crippen molar-refractivity contribution in [2.24, 2.45) is 0 Å². The molecule has 39 heavy (non-hydrogen) atoms. The number of carboxylic acid groups (broad SMARTS) is 1. The van der Waals surface area contributed by atoms with Crippen LogP contribution < -0.4 is 14.8 Å². The van der Waals surface area contributed by atoms with Crippen molar-refractivity contribution in [3.63, 3.8) is 0 Å². The first-order valence-corrected chi connectivity index (χ1v) is 13.4. The lowest BCUT2D eigenvalue weighted by molar-refractivity contribution is -0.149. The summed E-state index contributed by atoms with van der Waals surface area (Å²) in [7, 11) is 0. The molecule has 0 aromatic heterocycles. The van der Waals surface area contributed by atoms with Gasteiger partial charge in [-0.3, -0.25) is 0 Å². The molecule has 1 unspecified atom stereocenters. The fraction of sp³-hybridized carbons (Fsp3) is 0.310. The van der Waals surface area contributed by atoms with Crippen molar-refractivity contribution in [1.82, 2.24) is 4.90 Å². The van der Waals surface area contributed by atoms with Gasteiger partial charge in [-0.25, -0.2) is 9.59 Å². The fourth-order valence-electron chi connectivity index (χ4n) is 3.69. The molecule has 0 saturated carbocycles. The molecule has 0 spiro atoms. The number of urea groups is 1. The Morgan fingerprint density at radius 3 is 2.28 bits per heavy atom. The lowest BCUT2D eigenvalue weighted by Crippen LogP contribution is -2.39. The molecule has 3 rings (SSSR count). The van der Waals surface area contributed by atoms with E-state index < -0.39 is 12.1 Å². The number of benzene rings is 3. The normalized spacial score (nSPS) is 11.5. The molecule has 3 aromatic rings. The molecule has 10 heteroatoms. The molecule has 0 aliphatic rings. The average Bonchev–Trinajstić information content (AvgIpc) is 2.92. The maximum absolute atomic E-state index is 13.1. The standard InChI is InChI=1S/C29H32Cl2N2O6/c1-2-37-27(28(34)35)19-21-9-12-24(13-10-21)39-18-16-33(15-6-17-38-23-7-4-3-5-8-23)29(36)32-26-14-11-22(30)20-25(26)31/h3-5,7-14,20,27H,2,6,15-19H2,1H3,(H,32,36)(H,34,35). The third-order valence-electron chi connectivity index (χ3n) is 5.66. The minimum absolute atomic E-state index is 0.247. The number of carboxylic acids is 1. The molecule has 0 saturated heterocycles. The highest BCUT2D eigenvalue weighted by Crippen LogP contribution is 2.25. The molecule has 0 bridgehead atoms. The van der Waals surface area contributed by atoms with E-state index in [1.807, 2.05) is 30.3 Å². The number of nitrogens with zero attached hydrogens (tertiary/aromatic N) is 1. The van der Waals surface area contributed by atoms with E-state index in [2.05, 4.69) is 5.32 Å². The van der Waals surface area contributed by atoms with Crippen molar-refractivity contribution in [2.45, 2.75) is 25.9 Å². The maximum Gasteiger partial charge on any atom is 0.333 e. The Labute approximate surface area is 238 Å². The summed E-state index contributed by atoms with van der Waals surface area (Å²) in [6.07, 6.45) is -0.0279. The summed E-state index contributed by atoms with van der Waals surface area (Å²) in [5.41, 5.74) is 1.28. The molecule has 208 valence electrons. The van der Waals surface area contributed by atoms with Gasteiger partial charge in [-0.2, -0.15) is 0 Å². The smallest absolute Gasteiger partial charge is 0.333 e. The summed E-state index contributed by atoms with van der Waals surface area (Å²) >= 11 is 12.2. The summed E-state index contributed by atoms with van der Waals surface area (Å²) in [5.74, 6) is 0.379. The van der Waals surface area contributed by atoms with Crippen molar-refractivity contribution >= 4 is 40.9 Å². The number of aliphatic carboxylic acids is 1. The summed E-state index contributed by atoms with van der Waals surface area (Å²) in [4.78, 5) is 26.0. The van der Waals surface area contributed by atoms with Crippen molar-refractivity contribution in [3.05, 3.63) is 88.4 Å². The predicted octanol–water partition coefficient (Wildman–Crippen LogP) is 6.41. The summed E-state index contributed by atoms with van der Waals surface area (Å²) < 4.78 is 16.9. The van der Waals surface area contributed by atoms with Crippen LogP contribution in [0.15, 0.2) is 72.8 Å². The van der Waals surface area contributed by atoms with Crippen LogP contribution in [0.3, 0.4) is 0 Å². The van der Waals surface area contributed by atoms with Crippen LogP contribution in [-0.2, 0) is 16.0 Å². The van der Waals surface area contributed by atoms with Crippen molar-refractivity contribution in [2.75, 3.05) is 38.2 Å². The van der Waals surface area contributed by atoms with E-state index in [0.29, 0.717) is 54.2 Å². The number of rotatable bonds is 15. The SMILES string of the molecule is CCOC(Cc1ccc(OCCN(CCCOc2ccccc2)C(=O)Nc2ccc(Cl)cc2Cl)cc1)C(=O)O. The van der Waals surface area contributed by atoms with Gasteiger partial charge in [-0.1, -0.05) is 53.5 Å². The highest BCUT2D eigenvalue weighted by molar-refractivity contribution is 6.36. The number of hydrogen-bond acceptors (Lipinski definition) is 5. The monoisotopic (exact) mass is 574 g/mol. The van der Waals surface area contributed by atoms with Crippen molar-refractivity contribution in [1.29, 1.82) is 0 Å². The van der Waals surface area contributed by atoms with E-state index >= 15 is 0 Å². The first-order chi connectivity index (χ1) is 18.9. The highest BCUT2D eigenvalue weighted by atomic mass is 35.5. The molecule has 0 fully saturated rings. The van der Waals surface area contributed by atoms with Crippen LogP contribution in [0, 0.1) is 0 Å². The van der Waals surface area contributed by atoms with Gasteiger partial charge in [0, 0.05) is 24.6 Å². The zero-order valence-electron chi connectivity index (χ0n) is 21.6. The second-order valence-corrected chi connectivity index (χ2v) is 9.38. The quantitative estimate of drug-likeness (QED) is 0.204. The third-order valence-corrected chi connectivity index (χ3v) is 6.21. The van der Waals surface area contributed by atoms with Gasteiger partial charge in [-0.05, 0) is 61.4 Å². The zero-order chi connectivity index (χ0) is 28.0. The number of ether oxygens (including phenoxy) is 3. The maximum atomic E-state index is 13.1. The molecule has 8 nitrogen and oxygen atoms in total. The molecule has 0 aliphatic heterocycles. The summed E-state index contributed by atoms with van der Waals surface area (Å²) in [5, 5.41) is 12.9. The van der Waals surface area contributed by atoms with E-state index in [9.17, 15) is 14.7 Å². The molecule has 2 amide bonds. The molecular weight excluding hydrogens is 543 g/mol. The molecule has 0 heterocycles. The second-order valence-electron chi connectivity index (χ2n) is 8.54. The number of carbonyl (C=O) groups is 2. The van der Waals surface area contributed by atoms with Gasteiger partial charge < -0.3 is 29.5 Å². The Balaban J connectivity index is 1.56. The van der Waals surface area contributed by atoms with E-state index in [0.717, 1.165) is 11.3 Å². The minimum atomic E-state index is -0.996. The lowest BCUT2D eigenvalue weighted by atomic mass is 10.1. The number of anilines is 1. The van der Waals surface area contributed by atoms with Crippen LogP contribution in [-0.4, -0.2) is 61.0 Å². The lowest BCUT2D eigenvalue weighted by Gasteiger charge is -2.24. The second kappa shape index (κ2) is 15.8.